The summed E-state index contributed by atoms with van der Waals surface area (Å²) in [7, 11) is 0. The Morgan fingerprint density at radius 1 is 0.765 bits per heavy atom. The molecule has 0 unspecified atom stereocenters. The van der Waals surface area contributed by atoms with Crippen molar-refractivity contribution in [1.29, 1.82) is 0 Å². The summed E-state index contributed by atoms with van der Waals surface area (Å²) >= 11 is 0. The van der Waals surface area contributed by atoms with Gasteiger partial charge >= 0.3 is 0 Å². The Morgan fingerprint density at radius 3 is 1.82 bits per heavy atom. The zero-order valence-electron chi connectivity index (χ0n) is 11.8. The van der Waals surface area contributed by atoms with Gasteiger partial charge in [-0.25, -0.2) is 0 Å². The van der Waals surface area contributed by atoms with E-state index in [4.69, 9.17) is 0 Å². The lowest BCUT2D eigenvalue weighted by atomic mass is 9.80. The van der Waals surface area contributed by atoms with Gasteiger partial charge < -0.3 is 9.80 Å². The molecular formula is C15H30N2. The molecule has 0 bridgehead atoms. The highest BCUT2D eigenvalue weighted by Crippen LogP contribution is 2.31. The third kappa shape index (κ3) is 3.96. The molecule has 0 aromatic rings. The highest BCUT2D eigenvalue weighted by atomic mass is 15.3. The van der Waals surface area contributed by atoms with Crippen LogP contribution in [0.5, 0.6) is 0 Å². The summed E-state index contributed by atoms with van der Waals surface area (Å²) < 4.78 is 0. The molecule has 0 atom stereocenters. The first-order chi connectivity index (χ1) is 8.31. The van der Waals surface area contributed by atoms with Gasteiger partial charge in [0.1, 0.15) is 0 Å². The third-order valence-electron chi connectivity index (χ3n) is 4.97. The molecule has 0 radical (unpaired) electrons. The summed E-state index contributed by atoms with van der Waals surface area (Å²) in [6.45, 7) is 12.4. The fraction of sp³-hybridized carbons (Fsp3) is 1.00. The smallest absolute Gasteiger partial charge is 0.0110 e. The Kier molecular flexibility index (Phi) is 5.30. The van der Waals surface area contributed by atoms with Crippen molar-refractivity contribution in [3.8, 4) is 0 Å². The molecular weight excluding hydrogens is 208 g/mol. The lowest BCUT2D eigenvalue weighted by Gasteiger charge is -2.37. The summed E-state index contributed by atoms with van der Waals surface area (Å²) in [5.74, 6) is 2.05. The Morgan fingerprint density at radius 2 is 1.29 bits per heavy atom. The molecule has 1 saturated carbocycles. The molecule has 1 aliphatic carbocycles. The van der Waals surface area contributed by atoms with Crippen molar-refractivity contribution in [3.05, 3.63) is 0 Å². The normalized spacial score (nSPS) is 32.8. The maximum Gasteiger partial charge on any atom is 0.0110 e. The van der Waals surface area contributed by atoms with E-state index >= 15 is 0 Å². The lowest BCUT2D eigenvalue weighted by Crippen LogP contribution is -2.47. The quantitative estimate of drug-likeness (QED) is 0.743. The van der Waals surface area contributed by atoms with Crippen molar-refractivity contribution >= 4 is 0 Å². The number of nitrogens with zero attached hydrogens (tertiary/aromatic N) is 2. The summed E-state index contributed by atoms with van der Waals surface area (Å²) in [5.41, 5.74) is 0. The zero-order chi connectivity index (χ0) is 12.1. The molecule has 2 nitrogen and oxygen atoms in total. The van der Waals surface area contributed by atoms with E-state index < -0.39 is 0 Å². The molecule has 1 saturated heterocycles. The summed E-state index contributed by atoms with van der Waals surface area (Å²) in [5, 5.41) is 0. The minimum absolute atomic E-state index is 1.01. The maximum atomic E-state index is 2.71. The maximum absolute atomic E-state index is 2.71. The van der Waals surface area contributed by atoms with E-state index in [1.807, 2.05) is 0 Å². The Labute approximate surface area is 107 Å². The third-order valence-corrected chi connectivity index (χ3v) is 4.97. The monoisotopic (exact) mass is 238 g/mol. The summed E-state index contributed by atoms with van der Waals surface area (Å²) in [6.07, 6.45) is 7.38. The van der Waals surface area contributed by atoms with Gasteiger partial charge in [0.05, 0.1) is 0 Å². The van der Waals surface area contributed by atoms with Crippen LogP contribution in [0.15, 0.2) is 0 Å². The second-order valence-electron chi connectivity index (χ2n) is 6.03. The van der Waals surface area contributed by atoms with E-state index in [2.05, 4.69) is 23.6 Å². The fourth-order valence-corrected chi connectivity index (χ4v) is 3.48. The van der Waals surface area contributed by atoms with Crippen molar-refractivity contribution in [2.24, 2.45) is 11.8 Å². The first-order valence-electron chi connectivity index (χ1n) is 7.76. The Bertz CT molecular complexity index is 179. The predicted octanol–water partition coefficient (Wildman–Crippen LogP) is 2.84. The van der Waals surface area contributed by atoms with Gasteiger partial charge in [0.25, 0.3) is 0 Å². The van der Waals surface area contributed by atoms with E-state index in [0.29, 0.717) is 0 Å². The van der Waals surface area contributed by atoms with Crippen LogP contribution in [0, 0.1) is 11.8 Å². The van der Waals surface area contributed by atoms with Gasteiger partial charge in [0.2, 0.25) is 0 Å². The topological polar surface area (TPSA) is 6.48 Å². The summed E-state index contributed by atoms with van der Waals surface area (Å²) in [4.78, 5) is 5.29. The molecule has 0 N–H and O–H groups in total. The van der Waals surface area contributed by atoms with E-state index in [1.165, 1.54) is 71.4 Å². The molecule has 2 fully saturated rings. The molecule has 0 aromatic carbocycles. The van der Waals surface area contributed by atoms with Crippen LogP contribution in [0.2, 0.25) is 0 Å². The minimum Gasteiger partial charge on any atom is -0.301 e. The average molecular weight is 238 g/mol. The molecule has 1 heterocycles. The van der Waals surface area contributed by atoms with Crippen LogP contribution in [-0.4, -0.2) is 49.1 Å². The van der Waals surface area contributed by atoms with Crippen molar-refractivity contribution in [2.45, 2.75) is 46.0 Å². The zero-order valence-corrected chi connectivity index (χ0v) is 11.8. The SMILES string of the molecule is CCC1CCC(CN2CCN(CC)CC2)CC1. The molecule has 100 valence electrons. The molecule has 0 spiro atoms. The molecule has 2 aliphatic rings. The van der Waals surface area contributed by atoms with Crippen molar-refractivity contribution < 1.29 is 0 Å². The molecule has 0 aromatic heterocycles. The van der Waals surface area contributed by atoms with Crippen LogP contribution in [0.4, 0.5) is 0 Å². The molecule has 1 aliphatic heterocycles. The van der Waals surface area contributed by atoms with Gasteiger partial charge in [0.15, 0.2) is 0 Å². The van der Waals surface area contributed by atoms with Crippen LogP contribution < -0.4 is 0 Å². The second-order valence-corrected chi connectivity index (χ2v) is 6.03. The van der Waals surface area contributed by atoms with Crippen LogP contribution in [0.3, 0.4) is 0 Å². The molecule has 17 heavy (non-hydrogen) atoms. The van der Waals surface area contributed by atoms with Crippen LogP contribution >= 0.6 is 0 Å². The van der Waals surface area contributed by atoms with Crippen LogP contribution in [-0.2, 0) is 0 Å². The van der Waals surface area contributed by atoms with Crippen LogP contribution in [0.25, 0.3) is 0 Å². The number of hydrogen-bond acceptors (Lipinski definition) is 2. The fourth-order valence-electron chi connectivity index (χ4n) is 3.48. The van der Waals surface area contributed by atoms with Gasteiger partial charge in [-0.05, 0) is 31.2 Å². The largest absolute Gasteiger partial charge is 0.301 e. The second kappa shape index (κ2) is 6.75. The predicted molar refractivity (Wildman–Crippen MR) is 74.3 cm³/mol. The Balaban J connectivity index is 1.65. The standard InChI is InChI=1S/C15H30N2/c1-3-14-5-7-15(8-6-14)13-17-11-9-16(4-2)10-12-17/h14-15H,3-13H2,1-2H3. The molecule has 2 rings (SSSR count). The number of hydrogen-bond donors (Lipinski definition) is 0. The van der Waals surface area contributed by atoms with Gasteiger partial charge in [-0.3, -0.25) is 0 Å². The lowest BCUT2D eigenvalue weighted by molar-refractivity contribution is 0.107. The Hall–Kier alpha value is -0.0800. The number of rotatable bonds is 4. The first-order valence-corrected chi connectivity index (χ1v) is 7.76. The average Bonchev–Trinajstić information content (AvgIpc) is 2.40. The van der Waals surface area contributed by atoms with E-state index in [0.717, 1.165) is 11.8 Å². The van der Waals surface area contributed by atoms with Crippen molar-refractivity contribution in [1.82, 2.24) is 9.80 Å². The number of likely N-dealkylation sites (N-methyl/N-ethyl adjacent to an activating group) is 1. The van der Waals surface area contributed by atoms with Gasteiger partial charge in [0, 0.05) is 32.7 Å². The highest BCUT2D eigenvalue weighted by molar-refractivity contribution is 4.77. The highest BCUT2D eigenvalue weighted by Gasteiger charge is 2.23. The summed E-state index contributed by atoms with van der Waals surface area (Å²) in [6, 6.07) is 0. The van der Waals surface area contributed by atoms with Gasteiger partial charge in [-0.15, -0.1) is 0 Å². The van der Waals surface area contributed by atoms with Crippen LogP contribution in [0.1, 0.15) is 46.0 Å². The van der Waals surface area contributed by atoms with E-state index in [9.17, 15) is 0 Å². The minimum atomic E-state index is 1.01. The molecule has 0 amide bonds. The van der Waals surface area contributed by atoms with E-state index in [1.54, 1.807) is 0 Å². The first kappa shape index (κ1) is 13.4. The molecule has 2 heteroatoms. The van der Waals surface area contributed by atoms with Gasteiger partial charge in [-0.1, -0.05) is 33.1 Å². The van der Waals surface area contributed by atoms with Gasteiger partial charge in [-0.2, -0.15) is 0 Å². The van der Waals surface area contributed by atoms with E-state index in [-0.39, 0.29) is 0 Å². The van der Waals surface area contributed by atoms with Crippen molar-refractivity contribution in [2.75, 3.05) is 39.3 Å². The van der Waals surface area contributed by atoms with Crippen molar-refractivity contribution in [3.63, 3.8) is 0 Å². The number of piperazine rings is 1.